The van der Waals surface area contributed by atoms with Crippen LogP contribution in [-0.2, 0) is 27.2 Å². The number of benzene rings is 2. The molecule has 1 aliphatic rings. The van der Waals surface area contributed by atoms with Gasteiger partial charge in [0.05, 0.1) is 26.4 Å². The van der Waals surface area contributed by atoms with Crippen LogP contribution in [0.4, 0.5) is 0 Å². The molecule has 0 amide bonds. The van der Waals surface area contributed by atoms with Crippen LogP contribution in [0.15, 0.2) is 72.4 Å². The van der Waals surface area contributed by atoms with Gasteiger partial charge >= 0.3 is 11.9 Å². The van der Waals surface area contributed by atoms with E-state index in [4.69, 9.17) is 42.1 Å². The highest BCUT2D eigenvalue weighted by molar-refractivity contribution is 7.10. The van der Waals surface area contributed by atoms with Gasteiger partial charge in [-0.3, -0.25) is 5.32 Å². The highest BCUT2D eigenvalue weighted by Gasteiger charge is 2.27. The van der Waals surface area contributed by atoms with E-state index in [0.717, 1.165) is 36.4 Å². The molecule has 5 rings (SSSR count). The van der Waals surface area contributed by atoms with Crippen molar-refractivity contribution in [1.29, 1.82) is 0 Å². The highest BCUT2D eigenvalue weighted by Crippen LogP contribution is 2.36. The van der Waals surface area contributed by atoms with Gasteiger partial charge in [0.15, 0.2) is 23.9 Å². The molecule has 2 atom stereocenters. The first-order valence-electron chi connectivity index (χ1n) is 15.9. The van der Waals surface area contributed by atoms with Gasteiger partial charge < -0.3 is 29.1 Å². The van der Waals surface area contributed by atoms with Crippen molar-refractivity contribution < 1.29 is 33.3 Å². The van der Waals surface area contributed by atoms with Crippen LogP contribution in [-0.4, -0.2) is 57.8 Å². The standard InChI is InChI=1S/C36H39Cl2N3O7S/c1-40-13-11-23(12-14-40)21-47-36(43)34(24-7-5-4-6-8-24)39-18-27-15-26(22-49-27)35(42)48-32(17-28-29(37)19-41(44)20-30(28)38)25-9-10-31(45-2)33(16-25)46-3/h4-10,15-16,19-20,22-23,32,34,39H,11-14,17-18,21H2,1-3H3/t32-,34?/m0/s1. The highest BCUT2D eigenvalue weighted by atomic mass is 35.5. The fraction of sp³-hybridized carbons (Fsp3) is 0.361. The molecule has 4 aromatic rings. The largest absolute Gasteiger partial charge is 0.619 e. The molecule has 0 spiro atoms. The van der Waals surface area contributed by atoms with E-state index in [1.807, 2.05) is 30.3 Å². The zero-order valence-corrected chi connectivity index (χ0v) is 29.9. The summed E-state index contributed by atoms with van der Waals surface area (Å²) < 4.78 is 23.2. The Kier molecular flexibility index (Phi) is 12.8. The molecule has 49 heavy (non-hydrogen) atoms. The monoisotopic (exact) mass is 727 g/mol. The number of pyridine rings is 1. The summed E-state index contributed by atoms with van der Waals surface area (Å²) >= 11 is 14.2. The predicted molar refractivity (Wildman–Crippen MR) is 188 cm³/mol. The van der Waals surface area contributed by atoms with Crippen molar-refractivity contribution in [2.45, 2.75) is 38.0 Å². The molecule has 1 N–H and O–H groups in total. The van der Waals surface area contributed by atoms with Crippen LogP contribution in [0.3, 0.4) is 0 Å². The maximum atomic E-state index is 13.6. The number of aromatic nitrogens is 1. The molecule has 2 aromatic carbocycles. The molecule has 1 unspecified atom stereocenters. The molecule has 10 nitrogen and oxygen atoms in total. The first kappa shape index (κ1) is 36.4. The van der Waals surface area contributed by atoms with E-state index in [9.17, 15) is 14.8 Å². The maximum Gasteiger partial charge on any atom is 0.339 e. The second-order valence-corrected chi connectivity index (χ2v) is 13.7. The Balaban J connectivity index is 1.29. The smallest absolute Gasteiger partial charge is 0.339 e. The van der Waals surface area contributed by atoms with Gasteiger partial charge in [-0.15, -0.1) is 11.3 Å². The Bertz CT molecular complexity index is 1710. The van der Waals surface area contributed by atoms with Crippen molar-refractivity contribution in [2.75, 3.05) is 41.0 Å². The molecular formula is C36H39Cl2N3O7S. The zero-order valence-electron chi connectivity index (χ0n) is 27.5. The number of nitrogens with one attached hydrogen (secondary N) is 1. The number of halogens is 2. The number of carbonyl (C=O) groups excluding carboxylic acids is 2. The normalized spacial score (nSPS) is 15.0. The third kappa shape index (κ3) is 9.64. The van der Waals surface area contributed by atoms with E-state index in [1.54, 1.807) is 29.6 Å². The third-order valence-corrected chi connectivity index (χ3v) is 10.1. The number of nitrogens with zero attached hydrogens (tertiary/aromatic N) is 2. The number of piperidine rings is 1. The number of hydrogen-bond donors (Lipinski definition) is 1. The molecule has 1 saturated heterocycles. The van der Waals surface area contributed by atoms with Crippen LogP contribution >= 0.6 is 34.5 Å². The molecule has 260 valence electrons. The summed E-state index contributed by atoms with van der Waals surface area (Å²) in [7, 11) is 5.14. The second-order valence-electron chi connectivity index (χ2n) is 11.9. The summed E-state index contributed by atoms with van der Waals surface area (Å²) in [6.07, 6.45) is 3.65. The van der Waals surface area contributed by atoms with Crippen LogP contribution in [0.5, 0.6) is 11.5 Å². The number of thiophene rings is 1. The Morgan fingerprint density at radius 2 is 1.69 bits per heavy atom. The Hall–Kier alpha value is -3.87. The average Bonchev–Trinajstić information content (AvgIpc) is 3.58. The van der Waals surface area contributed by atoms with Crippen molar-refractivity contribution in [2.24, 2.45) is 5.92 Å². The Morgan fingerprint density at radius 1 is 1.00 bits per heavy atom. The van der Waals surface area contributed by atoms with Gasteiger partial charge in [0.1, 0.15) is 22.2 Å². The summed E-state index contributed by atoms with van der Waals surface area (Å²) in [6.45, 7) is 2.71. The summed E-state index contributed by atoms with van der Waals surface area (Å²) in [5.74, 6) is 0.406. The van der Waals surface area contributed by atoms with Gasteiger partial charge in [-0.2, -0.15) is 4.73 Å². The number of hydrogen-bond acceptors (Lipinski definition) is 10. The van der Waals surface area contributed by atoms with Crippen molar-refractivity contribution in [3.05, 3.63) is 115 Å². The van der Waals surface area contributed by atoms with Crippen LogP contribution in [0.1, 0.15) is 56.9 Å². The number of ether oxygens (including phenoxy) is 4. The van der Waals surface area contributed by atoms with Crippen molar-refractivity contribution in [1.82, 2.24) is 10.2 Å². The first-order valence-corrected chi connectivity index (χ1v) is 17.5. The minimum atomic E-state index is -0.840. The summed E-state index contributed by atoms with van der Waals surface area (Å²) in [4.78, 5) is 30.0. The Labute approximate surface area is 300 Å². The van der Waals surface area contributed by atoms with E-state index >= 15 is 0 Å². The van der Waals surface area contributed by atoms with Crippen LogP contribution < -0.4 is 19.5 Å². The molecule has 1 fully saturated rings. The molecule has 1 aliphatic heterocycles. The van der Waals surface area contributed by atoms with Gasteiger partial charge in [0, 0.05) is 28.8 Å². The van der Waals surface area contributed by atoms with Gasteiger partial charge in [0.2, 0.25) is 0 Å². The minimum Gasteiger partial charge on any atom is -0.619 e. The molecule has 13 heteroatoms. The van der Waals surface area contributed by atoms with E-state index in [0.29, 0.717) is 52.0 Å². The van der Waals surface area contributed by atoms with E-state index in [-0.39, 0.29) is 22.4 Å². The molecule has 3 heterocycles. The number of likely N-dealkylation sites (tertiary alicyclic amines) is 1. The molecule has 2 aromatic heterocycles. The molecular weight excluding hydrogens is 689 g/mol. The van der Waals surface area contributed by atoms with Gasteiger partial charge in [0.25, 0.3) is 0 Å². The fourth-order valence-electron chi connectivity index (χ4n) is 5.67. The number of carbonyl (C=O) groups is 2. The lowest BCUT2D eigenvalue weighted by molar-refractivity contribution is -0.605. The van der Waals surface area contributed by atoms with E-state index < -0.39 is 18.1 Å². The van der Waals surface area contributed by atoms with E-state index in [1.165, 1.54) is 38.0 Å². The van der Waals surface area contributed by atoms with Crippen LogP contribution in [0.25, 0.3) is 0 Å². The van der Waals surface area contributed by atoms with Crippen LogP contribution in [0, 0.1) is 11.1 Å². The second kappa shape index (κ2) is 17.2. The quantitative estimate of drug-likeness (QED) is 0.0877. The lowest BCUT2D eigenvalue weighted by Crippen LogP contribution is -2.34. The molecule has 0 bridgehead atoms. The Morgan fingerprint density at radius 3 is 2.37 bits per heavy atom. The lowest BCUT2D eigenvalue weighted by Gasteiger charge is -2.29. The van der Waals surface area contributed by atoms with Gasteiger partial charge in [-0.1, -0.05) is 59.6 Å². The zero-order chi connectivity index (χ0) is 34.9. The number of esters is 2. The van der Waals surface area contributed by atoms with Crippen LogP contribution in [0.2, 0.25) is 10.0 Å². The van der Waals surface area contributed by atoms with Crippen molar-refractivity contribution in [3.63, 3.8) is 0 Å². The number of rotatable bonds is 14. The predicted octanol–water partition coefficient (Wildman–Crippen LogP) is 6.56. The van der Waals surface area contributed by atoms with Crippen molar-refractivity contribution in [3.8, 4) is 11.5 Å². The maximum absolute atomic E-state index is 13.6. The SMILES string of the molecule is COc1ccc([C@H](Cc2c(Cl)c[n+]([O-])cc2Cl)OC(=O)c2csc(CNC(C(=O)OCC3CCN(C)CC3)c3ccccc3)c2)cc1OC. The van der Waals surface area contributed by atoms with Gasteiger partial charge in [-0.25, -0.2) is 9.59 Å². The number of methoxy groups -OCH3 is 2. The molecule has 0 saturated carbocycles. The van der Waals surface area contributed by atoms with E-state index in [2.05, 4.69) is 17.3 Å². The van der Waals surface area contributed by atoms with Gasteiger partial charge in [-0.05, 0) is 68.2 Å². The summed E-state index contributed by atoms with van der Waals surface area (Å²) in [6, 6.07) is 15.7. The lowest BCUT2D eigenvalue weighted by atomic mass is 9.98. The van der Waals surface area contributed by atoms with Crippen molar-refractivity contribution >= 4 is 46.5 Å². The fourth-order valence-corrected chi connectivity index (χ4v) is 7.07. The molecule has 0 aliphatic carbocycles. The third-order valence-electron chi connectivity index (χ3n) is 8.51. The minimum absolute atomic E-state index is 0.0940. The first-order chi connectivity index (χ1) is 23.6. The summed E-state index contributed by atoms with van der Waals surface area (Å²) in [5, 5.41) is 17.2. The summed E-state index contributed by atoms with van der Waals surface area (Å²) in [5.41, 5.74) is 2.20. The molecule has 0 radical (unpaired) electrons. The average molecular weight is 729 g/mol. The topological polar surface area (TPSA) is 113 Å².